The second-order valence-electron chi connectivity index (χ2n) is 5.51. The molecule has 0 unspecified atom stereocenters. The van der Waals surface area contributed by atoms with Gasteiger partial charge in [-0.2, -0.15) is 0 Å². The van der Waals surface area contributed by atoms with Gasteiger partial charge in [0.15, 0.2) is 0 Å². The number of quaternary nitrogens is 4. The molecule has 4 nitrogen and oxygen atoms in total. The highest BCUT2D eigenvalue weighted by molar-refractivity contribution is 5.85. The molecule has 0 radical (unpaired) electrons. The summed E-state index contributed by atoms with van der Waals surface area (Å²) in [5.74, 6) is 0. The van der Waals surface area contributed by atoms with E-state index in [9.17, 15) is 0 Å². The van der Waals surface area contributed by atoms with Crippen LogP contribution in [0.3, 0.4) is 0 Å². The summed E-state index contributed by atoms with van der Waals surface area (Å²) >= 11 is 0. The van der Waals surface area contributed by atoms with Gasteiger partial charge in [0.05, 0.1) is 0 Å². The Morgan fingerprint density at radius 2 is 1.20 bits per heavy atom. The van der Waals surface area contributed by atoms with Gasteiger partial charge in [-0.25, -0.2) is 0 Å². The smallest absolute Gasteiger partial charge is 0.125 e. The number of hydrogen-bond acceptors (Lipinski definition) is 0. The topological polar surface area (TPSA) is 77.5 Å². The third-order valence-electron chi connectivity index (χ3n) is 3.80. The number of halogens is 4. The van der Waals surface area contributed by atoms with Crippen LogP contribution in [-0.4, -0.2) is 39.3 Å². The molecule has 2 aromatic carbocycles. The Morgan fingerprint density at radius 3 is 1.88 bits per heavy atom. The van der Waals surface area contributed by atoms with E-state index >= 15 is 0 Å². The Labute approximate surface area is 175 Å². The molecule has 0 bridgehead atoms. The van der Waals surface area contributed by atoms with Crippen LogP contribution in [-0.2, 0) is 6.54 Å². The van der Waals surface area contributed by atoms with Gasteiger partial charge >= 0.3 is 0 Å². The fraction of sp³-hybridized carbons (Fsp3) is 0.412. The van der Waals surface area contributed by atoms with Gasteiger partial charge in [-0.15, -0.1) is 0 Å². The van der Waals surface area contributed by atoms with E-state index in [1.54, 1.807) is 0 Å². The number of nitrogens with two attached hydrogens (primary N) is 3. The minimum atomic E-state index is 0. The van der Waals surface area contributed by atoms with Crippen LogP contribution >= 0.6 is 0 Å². The third kappa shape index (κ3) is 11.1. The highest BCUT2D eigenvalue weighted by Crippen LogP contribution is 2.17. The summed E-state index contributed by atoms with van der Waals surface area (Å²) in [7, 11) is 0. The Morgan fingerprint density at radius 1 is 0.640 bits per heavy atom. The van der Waals surface area contributed by atoms with Crippen molar-refractivity contribution >= 4 is 10.8 Å². The number of benzene rings is 2. The second kappa shape index (κ2) is 18.5. The molecule has 0 heterocycles. The van der Waals surface area contributed by atoms with Gasteiger partial charge in [-0.05, 0) is 10.8 Å². The molecule has 0 aliphatic rings. The van der Waals surface area contributed by atoms with Crippen LogP contribution in [0.25, 0.3) is 10.8 Å². The summed E-state index contributed by atoms with van der Waals surface area (Å²) in [5.41, 5.74) is 5.29. The lowest BCUT2D eigenvalue weighted by molar-refractivity contribution is -0.756. The van der Waals surface area contributed by atoms with Gasteiger partial charge in [-0.1, -0.05) is 42.5 Å². The Kier molecular flexibility index (Phi) is 21.8. The highest BCUT2D eigenvalue weighted by Gasteiger charge is 2.02. The molecule has 0 aromatic heterocycles. The zero-order valence-corrected chi connectivity index (χ0v) is 17.5. The third-order valence-corrected chi connectivity index (χ3v) is 3.80. The first-order valence-corrected chi connectivity index (χ1v) is 8.12. The maximum atomic E-state index is 3.85. The molecule has 2 aromatic rings. The zero-order chi connectivity index (χ0) is 14.8. The van der Waals surface area contributed by atoms with Crippen molar-refractivity contribution in [3.8, 4) is 0 Å². The van der Waals surface area contributed by atoms with E-state index in [0.29, 0.717) is 0 Å². The van der Waals surface area contributed by atoms with Gasteiger partial charge in [0.2, 0.25) is 0 Å². The molecule has 146 valence electrons. The summed E-state index contributed by atoms with van der Waals surface area (Å²) in [6.45, 7) is 8.05. The van der Waals surface area contributed by atoms with Gasteiger partial charge in [-0.3, -0.25) is 0 Å². The van der Waals surface area contributed by atoms with Crippen LogP contribution in [0.1, 0.15) is 5.56 Å². The summed E-state index contributed by atoms with van der Waals surface area (Å²) in [6, 6.07) is 15.2. The van der Waals surface area contributed by atoms with Gasteiger partial charge in [0, 0.05) is 5.56 Å². The van der Waals surface area contributed by atoms with Crippen molar-refractivity contribution in [2.24, 2.45) is 0 Å². The Balaban J connectivity index is -0.00000121. The van der Waals surface area contributed by atoms with E-state index in [-0.39, 0.29) is 49.6 Å². The number of hydrogen-bond donors (Lipinski definition) is 4. The molecule has 0 saturated carbocycles. The first-order valence-electron chi connectivity index (χ1n) is 8.12. The molecule has 0 amide bonds. The molecule has 0 fully saturated rings. The summed E-state index contributed by atoms with van der Waals surface area (Å²) < 4.78 is 0. The molecule has 0 aliphatic heterocycles. The van der Waals surface area contributed by atoms with Crippen molar-refractivity contribution in [1.29, 1.82) is 0 Å². The first kappa shape index (κ1) is 29.5. The van der Waals surface area contributed by atoms with Crippen molar-refractivity contribution in [3.63, 3.8) is 0 Å². The molecule has 0 atom stereocenters. The Hall–Kier alpha value is -0.300. The minimum Gasteiger partial charge on any atom is -1.00 e. The van der Waals surface area contributed by atoms with Crippen LogP contribution in [0.5, 0.6) is 0 Å². The van der Waals surface area contributed by atoms with Crippen LogP contribution in [0, 0.1) is 0 Å². The van der Waals surface area contributed by atoms with Crippen molar-refractivity contribution < 1.29 is 71.3 Å². The van der Waals surface area contributed by atoms with E-state index < -0.39 is 0 Å². The predicted molar refractivity (Wildman–Crippen MR) is 85.5 cm³/mol. The molecule has 0 aliphatic carbocycles. The van der Waals surface area contributed by atoms with Crippen molar-refractivity contribution in [2.75, 3.05) is 39.3 Å². The zero-order valence-electron chi connectivity index (χ0n) is 14.4. The highest BCUT2D eigenvalue weighted by atomic mass is 35.5. The quantitative estimate of drug-likeness (QED) is 0.270. The second-order valence-corrected chi connectivity index (χ2v) is 5.51. The molecule has 0 saturated heterocycles. The largest absolute Gasteiger partial charge is 1.00 e. The molecule has 2 rings (SSSR count). The van der Waals surface area contributed by atoms with Crippen molar-refractivity contribution in [1.82, 2.24) is 0 Å². The first-order chi connectivity index (χ1) is 10.4. The fourth-order valence-electron chi connectivity index (χ4n) is 2.63. The van der Waals surface area contributed by atoms with Crippen LogP contribution in [0.2, 0.25) is 0 Å². The van der Waals surface area contributed by atoms with Gasteiger partial charge in [0.1, 0.15) is 45.8 Å². The van der Waals surface area contributed by atoms with Crippen LogP contribution in [0.4, 0.5) is 0 Å². The predicted octanol–water partition coefficient (Wildman–Crippen LogP) is -14.7. The minimum absolute atomic E-state index is 0. The van der Waals surface area contributed by atoms with E-state index in [0.717, 1.165) is 19.6 Å². The average Bonchev–Trinajstić information content (AvgIpc) is 2.53. The SMILES string of the molecule is [Cl-].[Cl-].[Cl-].[Cl-].[NH3+]CC[NH2+]CC[NH2+]CC[NH2+]Cc1cccc2ccccc12. The molecule has 8 heteroatoms. The summed E-state index contributed by atoms with van der Waals surface area (Å²) in [6.07, 6.45) is 0. The van der Waals surface area contributed by atoms with E-state index in [1.165, 1.54) is 42.5 Å². The van der Waals surface area contributed by atoms with Gasteiger partial charge < -0.3 is 71.3 Å². The fourth-order valence-corrected chi connectivity index (χ4v) is 2.63. The number of rotatable bonds is 10. The molecular weight excluding hydrogens is 402 g/mol. The average molecular weight is 432 g/mol. The lowest BCUT2D eigenvalue weighted by Gasteiger charge is -2.06. The van der Waals surface area contributed by atoms with E-state index in [1.807, 2.05) is 0 Å². The van der Waals surface area contributed by atoms with Crippen molar-refractivity contribution in [2.45, 2.75) is 6.54 Å². The van der Waals surface area contributed by atoms with Crippen LogP contribution in [0.15, 0.2) is 42.5 Å². The lowest BCUT2D eigenvalue weighted by Crippen LogP contribution is -3.00. The van der Waals surface area contributed by atoms with Crippen LogP contribution < -0.4 is 71.3 Å². The van der Waals surface area contributed by atoms with Crippen molar-refractivity contribution in [3.05, 3.63) is 48.0 Å². The maximum absolute atomic E-state index is 3.85. The van der Waals surface area contributed by atoms with E-state index in [4.69, 9.17) is 0 Å². The monoisotopic (exact) mass is 430 g/mol. The lowest BCUT2D eigenvalue weighted by atomic mass is 10.0. The standard InChI is InChI=1S/C17H26N4.4ClH/c18-8-9-19-10-11-20-12-13-21-14-16-6-3-5-15-4-1-2-7-17(15)16;;;;/h1-7,19-21H,8-14,18H2;4*1H. The molecule has 9 N–H and O–H groups in total. The number of fused-ring (bicyclic) bond motifs is 1. The summed E-state index contributed by atoms with van der Waals surface area (Å²) in [4.78, 5) is 0. The molecule has 0 spiro atoms. The normalized spacial score (nSPS) is 9.32. The Bertz CT molecular complexity index is 538. The molecule has 25 heavy (non-hydrogen) atoms. The molecular formula is C17H30Cl4N4. The maximum Gasteiger partial charge on any atom is 0.125 e. The van der Waals surface area contributed by atoms with E-state index in [2.05, 4.69) is 64.1 Å². The van der Waals surface area contributed by atoms with Gasteiger partial charge in [0.25, 0.3) is 0 Å². The summed E-state index contributed by atoms with van der Waals surface area (Å²) in [5, 5.41) is 9.92.